The Morgan fingerprint density at radius 1 is 0.848 bits per heavy atom. The number of esters is 1. The standard InChI is InChI=1S/C38H43N3O4S/c1-24-8-12-26(13-9-24)29-20-39-34(40-21-29)27-14-10-25(11-15-27)18-28(19-31(42)32-16-17-33(46-32)37(2,3)4)35(43)41-22-30(23-41)36(44)45-38(5,6)7/h8-17,20-21,28,30H,18-19,22-23H2,1-7H3/t28-/m1/s1. The number of Topliss-reactive ketones (excluding diaryl/α,β-unsaturated/α-hetero) is 1. The van der Waals surface area contributed by atoms with Gasteiger partial charge in [0.2, 0.25) is 5.91 Å². The molecule has 3 heterocycles. The quantitative estimate of drug-likeness (QED) is 0.138. The fourth-order valence-electron chi connectivity index (χ4n) is 5.36. The molecular formula is C38H43N3O4S. The summed E-state index contributed by atoms with van der Waals surface area (Å²) in [6.07, 6.45) is 4.16. The summed E-state index contributed by atoms with van der Waals surface area (Å²) in [4.78, 5) is 52.5. The van der Waals surface area contributed by atoms with Gasteiger partial charge in [-0.2, -0.15) is 0 Å². The van der Waals surface area contributed by atoms with Crippen molar-refractivity contribution in [3.8, 4) is 22.5 Å². The number of hydrogen-bond acceptors (Lipinski definition) is 7. The monoisotopic (exact) mass is 637 g/mol. The minimum absolute atomic E-state index is 0.0400. The molecule has 0 aliphatic carbocycles. The molecule has 0 bridgehead atoms. The van der Waals surface area contributed by atoms with E-state index in [0.29, 0.717) is 30.2 Å². The lowest BCUT2D eigenvalue weighted by atomic mass is 9.89. The zero-order valence-electron chi connectivity index (χ0n) is 27.8. The van der Waals surface area contributed by atoms with Crippen molar-refractivity contribution >= 4 is 29.0 Å². The van der Waals surface area contributed by atoms with E-state index in [0.717, 1.165) is 27.1 Å². The summed E-state index contributed by atoms with van der Waals surface area (Å²) in [5.41, 5.74) is 4.39. The summed E-state index contributed by atoms with van der Waals surface area (Å²) in [7, 11) is 0. The third-order valence-electron chi connectivity index (χ3n) is 8.07. The minimum atomic E-state index is -0.580. The van der Waals surface area contributed by atoms with Gasteiger partial charge < -0.3 is 9.64 Å². The highest BCUT2D eigenvalue weighted by Gasteiger charge is 2.41. The van der Waals surface area contributed by atoms with Crippen molar-refractivity contribution in [3.63, 3.8) is 0 Å². The van der Waals surface area contributed by atoms with Crippen LogP contribution in [0.2, 0.25) is 0 Å². The van der Waals surface area contributed by atoms with Gasteiger partial charge in [-0.1, -0.05) is 74.9 Å². The van der Waals surface area contributed by atoms with Crippen LogP contribution in [0.15, 0.2) is 73.1 Å². The van der Waals surface area contributed by atoms with E-state index in [9.17, 15) is 14.4 Å². The van der Waals surface area contributed by atoms with E-state index >= 15 is 0 Å². The average Bonchev–Trinajstić information content (AvgIpc) is 3.48. The van der Waals surface area contributed by atoms with E-state index in [-0.39, 0.29) is 35.4 Å². The van der Waals surface area contributed by atoms with Gasteiger partial charge in [0, 0.05) is 53.8 Å². The van der Waals surface area contributed by atoms with Crippen LogP contribution in [0.5, 0.6) is 0 Å². The van der Waals surface area contributed by atoms with Crippen molar-refractivity contribution in [2.24, 2.45) is 11.8 Å². The SMILES string of the molecule is Cc1ccc(-c2cnc(-c3ccc(C[C@H](CC(=O)c4ccc(C(C)(C)C)s4)C(=O)N4CC(C(=O)OC(C)(C)C)C4)cc3)nc2)cc1. The molecular weight excluding hydrogens is 595 g/mol. The maximum Gasteiger partial charge on any atom is 0.313 e. The zero-order valence-corrected chi connectivity index (χ0v) is 28.6. The van der Waals surface area contributed by atoms with Crippen LogP contribution < -0.4 is 0 Å². The van der Waals surface area contributed by atoms with Crippen molar-refractivity contribution < 1.29 is 19.1 Å². The zero-order chi connectivity index (χ0) is 33.2. The van der Waals surface area contributed by atoms with Crippen molar-refractivity contribution in [1.82, 2.24) is 14.9 Å². The van der Waals surface area contributed by atoms with E-state index in [2.05, 4.69) is 61.9 Å². The van der Waals surface area contributed by atoms with Gasteiger partial charge in [0.25, 0.3) is 0 Å². The Labute approximate surface area is 276 Å². The van der Waals surface area contributed by atoms with Crippen molar-refractivity contribution in [3.05, 3.63) is 93.9 Å². The molecule has 4 aromatic rings. The third kappa shape index (κ3) is 8.15. The number of carbonyl (C=O) groups is 3. The summed E-state index contributed by atoms with van der Waals surface area (Å²) in [6.45, 7) is 14.5. The van der Waals surface area contributed by atoms with Crippen LogP contribution in [-0.2, 0) is 26.2 Å². The molecule has 0 N–H and O–H groups in total. The Hall–Kier alpha value is -4.17. The molecule has 7 nitrogen and oxygen atoms in total. The molecule has 46 heavy (non-hydrogen) atoms. The predicted molar refractivity (Wildman–Crippen MR) is 183 cm³/mol. The number of carbonyl (C=O) groups excluding carboxylic acids is 3. The first-order chi connectivity index (χ1) is 21.7. The fourth-order valence-corrected chi connectivity index (χ4v) is 6.37. The van der Waals surface area contributed by atoms with Crippen LogP contribution >= 0.6 is 11.3 Å². The Morgan fingerprint density at radius 2 is 1.46 bits per heavy atom. The molecule has 240 valence electrons. The number of benzene rings is 2. The Morgan fingerprint density at radius 3 is 2.02 bits per heavy atom. The normalized spacial score (nSPS) is 14.5. The molecule has 1 fully saturated rings. The maximum absolute atomic E-state index is 13.8. The second-order valence-corrected chi connectivity index (χ2v) is 15.4. The van der Waals surface area contributed by atoms with Gasteiger partial charge in [-0.05, 0) is 62.8 Å². The Balaban J connectivity index is 1.30. The van der Waals surface area contributed by atoms with Gasteiger partial charge in [-0.15, -0.1) is 11.3 Å². The molecule has 8 heteroatoms. The molecule has 0 radical (unpaired) electrons. The van der Waals surface area contributed by atoms with Crippen molar-refractivity contribution in [1.29, 1.82) is 0 Å². The predicted octanol–water partition coefficient (Wildman–Crippen LogP) is 7.71. The number of amides is 1. The first kappa shape index (κ1) is 33.2. The van der Waals surface area contributed by atoms with E-state index in [1.807, 2.05) is 69.6 Å². The summed E-state index contributed by atoms with van der Waals surface area (Å²) in [6, 6.07) is 20.0. The summed E-state index contributed by atoms with van der Waals surface area (Å²) < 4.78 is 5.52. The Bertz CT molecular complexity index is 1690. The minimum Gasteiger partial charge on any atom is -0.460 e. The molecule has 1 amide bonds. The molecule has 1 atom stereocenters. The highest BCUT2D eigenvalue weighted by molar-refractivity contribution is 7.14. The molecule has 5 rings (SSSR count). The van der Waals surface area contributed by atoms with Gasteiger partial charge >= 0.3 is 5.97 Å². The van der Waals surface area contributed by atoms with Gasteiger partial charge in [-0.25, -0.2) is 9.97 Å². The van der Waals surface area contributed by atoms with Gasteiger partial charge in [0.1, 0.15) is 5.60 Å². The van der Waals surface area contributed by atoms with E-state index in [4.69, 9.17) is 4.74 Å². The van der Waals surface area contributed by atoms with Gasteiger partial charge in [-0.3, -0.25) is 14.4 Å². The van der Waals surface area contributed by atoms with Crippen LogP contribution in [-0.4, -0.2) is 51.2 Å². The maximum atomic E-state index is 13.8. The fraction of sp³-hybridized carbons (Fsp3) is 0.395. The van der Waals surface area contributed by atoms with Gasteiger partial charge in [0.15, 0.2) is 11.6 Å². The van der Waals surface area contributed by atoms with E-state index < -0.39 is 11.5 Å². The lowest BCUT2D eigenvalue weighted by molar-refractivity contribution is -0.168. The average molecular weight is 638 g/mol. The topological polar surface area (TPSA) is 89.5 Å². The molecule has 1 aliphatic heterocycles. The number of hydrogen-bond donors (Lipinski definition) is 0. The van der Waals surface area contributed by atoms with Crippen LogP contribution in [0.1, 0.15) is 73.6 Å². The number of ketones is 1. The second-order valence-electron chi connectivity index (χ2n) is 14.3. The van der Waals surface area contributed by atoms with Crippen LogP contribution in [0, 0.1) is 18.8 Å². The molecule has 0 unspecified atom stereocenters. The van der Waals surface area contributed by atoms with E-state index in [1.165, 1.54) is 16.9 Å². The molecule has 0 spiro atoms. The number of ether oxygens (including phenoxy) is 1. The number of nitrogens with zero attached hydrogens (tertiary/aromatic N) is 3. The molecule has 2 aromatic heterocycles. The number of aromatic nitrogens is 2. The van der Waals surface area contributed by atoms with Gasteiger partial charge in [0.05, 0.1) is 10.8 Å². The third-order valence-corrected chi connectivity index (χ3v) is 9.62. The second kappa shape index (κ2) is 13.3. The first-order valence-corrected chi connectivity index (χ1v) is 16.6. The van der Waals surface area contributed by atoms with Crippen LogP contribution in [0.3, 0.4) is 0 Å². The summed E-state index contributed by atoms with van der Waals surface area (Å²) in [5.74, 6) is -0.721. The number of rotatable bonds is 9. The van der Waals surface area contributed by atoms with Crippen molar-refractivity contribution in [2.75, 3.05) is 13.1 Å². The van der Waals surface area contributed by atoms with E-state index in [1.54, 1.807) is 4.90 Å². The molecule has 1 saturated heterocycles. The lowest BCUT2D eigenvalue weighted by Gasteiger charge is -2.40. The summed E-state index contributed by atoms with van der Waals surface area (Å²) >= 11 is 1.50. The number of thiophene rings is 1. The highest BCUT2D eigenvalue weighted by Crippen LogP contribution is 2.32. The van der Waals surface area contributed by atoms with Crippen LogP contribution in [0.4, 0.5) is 0 Å². The molecule has 2 aromatic carbocycles. The Kier molecular flexibility index (Phi) is 9.59. The number of aryl methyl sites for hydroxylation is 1. The molecule has 1 aliphatic rings. The van der Waals surface area contributed by atoms with Crippen LogP contribution in [0.25, 0.3) is 22.5 Å². The first-order valence-electron chi connectivity index (χ1n) is 15.8. The lowest BCUT2D eigenvalue weighted by Crippen LogP contribution is -2.56. The molecule has 0 saturated carbocycles. The largest absolute Gasteiger partial charge is 0.460 e. The smallest absolute Gasteiger partial charge is 0.313 e. The highest BCUT2D eigenvalue weighted by atomic mass is 32.1. The summed E-state index contributed by atoms with van der Waals surface area (Å²) in [5, 5.41) is 0. The number of likely N-dealkylation sites (tertiary alicyclic amines) is 1. The van der Waals surface area contributed by atoms with Crippen molar-refractivity contribution in [2.45, 2.75) is 72.3 Å².